The molecular weight excluding hydrogens is 242 g/mol. The van der Waals surface area contributed by atoms with Crippen LogP contribution in [0.2, 0.25) is 5.02 Å². The van der Waals surface area contributed by atoms with E-state index >= 15 is 0 Å². The van der Waals surface area contributed by atoms with Crippen LogP contribution in [0.1, 0.15) is 12.5 Å². The fourth-order valence-electron chi connectivity index (χ4n) is 2.05. The number of halogens is 1. The van der Waals surface area contributed by atoms with Crippen LogP contribution in [0.4, 0.5) is 4.79 Å². The van der Waals surface area contributed by atoms with Crippen molar-refractivity contribution in [1.82, 2.24) is 4.90 Å². The minimum Gasteiger partial charge on any atom is -0.496 e. The lowest BCUT2D eigenvalue weighted by molar-refractivity contribution is 0.0681. The number of hydrogen-bond donors (Lipinski definition) is 0. The van der Waals surface area contributed by atoms with Gasteiger partial charge in [0.25, 0.3) is 0 Å². The van der Waals surface area contributed by atoms with Crippen LogP contribution in [-0.2, 0) is 10.3 Å². The van der Waals surface area contributed by atoms with Crippen molar-refractivity contribution in [2.75, 3.05) is 20.7 Å². The Hall–Kier alpha value is -1.42. The van der Waals surface area contributed by atoms with Crippen molar-refractivity contribution in [3.8, 4) is 5.75 Å². The summed E-state index contributed by atoms with van der Waals surface area (Å²) in [6.45, 7) is 2.32. The summed E-state index contributed by atoms with van der Waals surface area (Å²) in [5.74, 6) is 0.667. The second kappa shape index (κ2) is 4.11. The molecule has 0 aromatic heterocycles. The van der Waals surface area contributed by atoms with E-state index in [1.54, 1.807) is 32.4 Å². The maximum absolute atomic E-state index is 11.5. The molecule has 1 atom stereocenters. The van der Waals surface area contributed by atoms with Crippen molar-refractivity contribution in [3.63, 3.8) is 0 Å². The normalized spacial score (nSPS) is 23.8. The van der Waals surface area contributed by atoms with E-state index in [2.05, 4.69) is 0 Å². The highest BCUT2D eigenvalue weighted by Gasteiger charge is 2.42. The fourth-order valence-corrected chi connectivity index (χ4v) is 2.23. The predicted octanol–water partition coefficient (Wildman–Crippen LogP) is 2.65. The highest BCUT2D eigenvalue weighted by Crippen LogP contribution is 2.38. The molecule has 1 aliphatic rings. The molecule has 1 aliphatic heterocycles. The predicted molar refractivity (Wildman–Crippen MR) is 64.5 cm³/mol. The van der Waals surface area contributed by atoms with Crippen molar-refractivity contribution >= 4 is 17.7 Å². The Balaban J connectivity index is 2.46. The summed E-state index contributed by atoms with van der Waals surface area (Å²) in [7, 11) is 3.28. The maximum Gasteiger partial charge on any atom is 0.410 e. The maximum atomic E-state index is 11.5. The van der Waals surface area contributed by atoms with E-state index in [0.29, 0.717) is 17.3 Å². The molecule has 4 nitrogen and oxygen atoms in total. The third kappa shape index (κ3) is 2.05. The first-order valence-corrected chi connectivity index (χ1v) is 5.62. The number of amides is 1. The Bertz CT molecular complexity index is 463. The van der Waals surface area contributed by atoms with Crippen molar-refractivity contribution in [2.24, 2.45) is 0 Å². The van der Waals surface area contributed by atoms with Crippen molar-refractivity contribution in [1.29, 1.82) is 0 Å². The van der Waals surface area contributed by atoms with E-state index in [4.69, 9.17) is 21.1 Å². The third-order valence-corrected chi connectivity index (χ3v) is 3.13. The molecule has 0 N–H and O–H groups in total. The topological polar surface area (TPSA) is 38.8 Å². The molecule has 1 amide bonds. The first-order valence-electron chi connectivity index (χ1n) is 5.24. The van der Waals surface area contributed by atoms with Gasteiger partial charge in [0.15, 0.2) is 5.60 Å². The van der Waals surface area contributed by atoms with Gasteiger partial charge in [0.05, 0.1) is 13.7 Å². The average Bonchev–Trinajstić information content (AvgIpc) is 2.54. The molecule has 92 valence electrons. The van der Waals surface area contributed by atoms with Crippen LogP contribution in [0.5, 0.6) is 5.75 Å². The van der Waals surface area contributed by atoms with Crippen LogP contribution in [0.3, 0.4) is 0 Å². The zero-order valence-electron chi connectivity index (χ0n) is 9.99. The highest BCUT2D eigenvalue weighted by atomic mass is 35.5. The van der Waals surface area contributed by atoms with E-state index in [0.717, 1.165) is 5.56 Å². The van der Waals surface area contributed by atoms with Gasteiger partial charge in [-0.1, -0.05) is 11.6 Å². The van der Waals surface area contributed by atoms with Crippen LogP contribution < -0.4 is 4.74 Å². The van der Waals surface area contributed by atoms with E-state index in [9.17, 15) is 4.79 Å². The molecule has 1 fully saturated rings. The summed E-state index contributed by atoms with van der Waals surface area (Å²) in [5, 5.41) is 0.590. The van der Waals surface area contributed by atoms with Gasteiger partial charge in [0.2, 0.25) is 0 Å². The number of likely N-dealkylation sites (N-methyl/N-ethyl adjacent to an activating group) is 1. The van der Waals surface area contributed by atoms with E-state index in [-0.39, 0.29) is 6.09 Å². The second-order valence-corrected chi connectivity index (χ2v) is 4.74. The summed E-state index contributed by atoms with van der Waals surface area (Å²) < 4.78 is 10.7. The van der Waals surface area contributed by atoms with Gasteiger partial charge in [-0.15, -0.1) is 0 Å². The molecule has 1 unspecified atom stereocenters. The smallest absolute Gasteiger partial charge is 0.410 e. The zero-order valence-corrected chi connectivity index (χ0v) is 10.7. The van der Waals surface area contributed by atoms with E-state index in [1.165, 1.54) is 4.90 Å². The molecule has 1 aromatic rings. The standard InChI is InChI=1S/C12H14ClNO3/c1-12(7-14(2)11(15)17-12)9-6-8(13)4-5-10(9)16-3/h4-6H,7H2,1-3H3. The van der Waals surface area contributed by atoms with Crippen LogP contribution >= 0.6 is 11.6 Å². The average molecular weight is 256 g/mol. The Kier molecular flexibility index (Phi) is 2.91. The lowest BCUT2D eigenvalue weighted by atomic mass is 9.95. The molecule has 1 saturated heterocycles. The molecular formula is C12H14ClNO3. The summed E-state index contributed by atoms with van der Waals surface area (Å²) in [6.07, 6.45) is -0.338. The molecule has 1 aromatic carbocycles. The summed E-state index contributed by atoms with van der Waals surface area (Å²) in [6, 6.07) is 5.29. The van der Waals surface area contributed by atoms with Gasteiger partial charge in [0.1, 0.15) is 5.75 Å². The number of rotatable bonds is 2. The number of carbonyl (C=O) groups excluding carboxylic acids is 1. The van der Waals surface area contributed by atoms with Crippen LogP contribution in [0.25, 0.3) is 0 Å². The minimum absolute atomic E-state index is 0.338. The number of ether oxygens (including phenoxy) is 2. The van der Waals surface area contributed by atoms with Gasteiger partial charge < -0.3 is 14.4 Å². The second-order valence-electron chi connectivity index (χ2n) is 4.30. The molecule has 17 heavy (non-hydrogen) atoms. The fraction of sp³-hybridized carbons (Fsp3) is 0.417. The van der Waals surface area contributed by atoms with Crippen molar-refractivity contribution in [3.05, 3.63) is 28.8 Å². The molecule has 2 rings (SSSR count). The van der Waals surface area contributed by atoms with Gasteiger partial charge >= 0.3 is 6.09 Å². The molecule has 0 radical (unpaired) electrons. The van der Waals surface area contributed by atoms with E-state index < -0.39 is 5.60 Å². The Morgan fingerprint density at radius 1 is 1.53 bits per heavy atom. The van der Waals surface area contributed by atoms with Crippen LogP contribution in [0, 0.1) is 0 Å². The zero-order chi connectivity index (χ0) is 12.6. The Morgan fingerprint density at radius 2 is 2.24 bits per heavy atom. The number of cyclic esters (lactones) is 1. The third-order valence-electron chi connectivity index (χ3n) is 2.89. The van der Waals surface area contributed by atoms with Gasteiger partial charge in [-0.2, -0.15) is 0 Å². The SMILES string of the molecule is COc1ccc(Cl)cc1C1(C)CN(C)C(=O)O1. The molecule has 0 bridgehead atoms. The lowest BCUT2D eigenvalue weighted by Crippen LogP contribution is -2.27. The van der Waals surface area contributed by atoms with Gasteiger partial charge in [-0.25, -0.2) is 4.79 Å². The lowest BCUT2D eigenvalue weighted by Gasteiger charge is -2.24. The minimum atomic E-state index is -0.720. The van der Waals surface area contributed by atoms with Gasteiger partial charge in [-0.05, 0) is 25.1 Å². The van der Waals surface area contributed by atoms with E-state index in [1.807, 2.05) is 6.92 Å². The van der Waals surface area contributed by atoms with Crippen LogP contribution in [0.15, 0.2) is 18.2 Å². The monoisotopic (exact) mass is 255 g/mol. The first-order chi connectivity index (χ1) is 7.96. The molecule has 1 heterocycles. The number of carbonyl (C=O) groups is 1. The number of hydrogen-bond acceptors (Lipinski definition) is 3. The molecule has 0 spiro atoms. The quantitative estimate of drug-likeness (QED) is 0.816. The molecule has 0 saturated carbocycles. The van der Waals surface area contributed by atoms with Gasteiger partial charge in [0, 0.05) is 17.6 Å². The van der Waals surface area contributed by atoms with Crippen LogP contribution in [-0.4, -0.2) is 31.7 Å². The van der Waals surface area contributed by atoms with Gasteiger partial charge in [-0.3, -0.25) is 0 Å². The highest BCUT2D eigenvalue weighted by molar-refractivity contribution is 6.30. The number of benzene rings is 1. The Morgan fingerprint density at radius 3 is 2.76 bits per heavy atom. The van der Waals surface area contributed by atoms with Crippen molar-refractivity contribution in [2.45, 2.75) is 12.5 Å². The summed E-state index contributed by atoms with van der Waals surface area (Å²) in [4.78, 5) is 13.0. The Labute approximate surface area is 105 Å². The largest absolute Gasteiger partial charge is 0.496 e. The molecule has 5 heteroatoms. The number of nitrogens with zero attached hydrogens (tertiary/aromatic N) is 1. The summed E-state index contributed by atoms with van der Waals surface area (Å²) >= 11 is 5.98. The first kappa shape index (κ1) is 12.0. The van der Waals surface area contributed by atoms with Crippen molar-refractivity contribution < 1.29 is 14.3 Å². The number of methoxy groups -OCH3 is 1. The summed E-state index contributed by atoms with van der Waals surface area (Å²) in [5.41, 5.74) is 0.0624. The molecule has 0 aliphatic carbocycles.